The average molecular weight is 399 g/mol. The van der Waals surface area contributed by atoms with Gasteiger partial charge in [-0.1, -0.05) is 70.4 Å². The molecule has 160 valence electrons. The number of rotatable bonds is 4. The molecule has 5 atom stereocenters. The van der Waals surface area contributed by atoms with Crippen LogP contribution >= 0.6 is 0 Å². The van der Waals surface area contributed by atoms with Crippen LogP contribution in [0.1, 0.15) is 77.7 Å². The van der Waals surface area contributed by atoms with Crippen LogP contribution < -0.4 is 0 Å². The number of hydrogen-bond donors (Lipinski definition) is 0. The van der Waals surface area contributed by atoms with Gasteiger partial charge in [0.1, 0.15) is 0 Å². The van der Waals surface area contributed by atoms with Gasteiger partial charge in [-0.25, -0.2) is 0 Å². The van der Waals surface area contributed by atoms with Gasteiger partial charge in [0.15, 0.2) is 0 Å². The Bertz CT molecular complexity index is 678. The Balaban J connectivity index is 1.64. The molecule has 1 saturated heterocycles. The van der Waals surface area contributed by atoms with Crippen molar-refractivity contribution in [2.75, 3.05) is 0 Å². The summed E-state index contributed by atoms with van der Waals surface area (Å²) < 4.78 is 13.3. The summed E-state index contributed by atoms with van der Waals surface area (Å²) in [5.41, 5.74) is 1.20. The van der Waals surface area contributed by atoms with E-state index in [0.29, 0.717) is 23.7 Å². The van der Waals surface area contributed by atoms with Crippen molar-refractivity contribution in [3.05, 3.63) is 35.9 Å². The van der Waals surface area contributed by atoms with Crippen molar-refractivity contribution in [2.24, 2.45) is 29.6 Å². The summed E-state index contributed by atoms with van der Waals surface area (Å²) in [4.78, 5) is 13.5. The van der Waals surface area contributed by atoms with Gasteiger partial charge in [-0.05, 0) is 55.4 Å². The molecule has 1 spiro atoms. The van der Waals surface area contributed by atoms with E-state index in [4.69, 9.17) is 9.47 Å². The zero-order valence-corrected chi connectivity index (χ0v) is 18.4. The second-order valence-corrected chi connectivity index (χ2v) is 10.2. The summed E-state index contributed by atoms with van der Waals surface area (Å²) in [6.45, 7) is 6.79. The van der Waals surface area contributed by atoms with Crippen LogP contribution in [0.25, 0.3) is 0 Å². The lowest BCUT2D eigenvalue weighted by molar-refractivity contribution is -0.335. The third kappa shape index (κ3) is 4.40. The Kier molecular flexibility index (Phi) is 6.34. The van der Waals surface area contributed by atoms with Gasteiger partial charge in [-0.2, -0.15) is 0 Å². The molecule has 0 unspecified atom stereocenters. The fourth-order valence-electron chi connectivity index (χ4n) is 6.19. The normalized spacial score (nSPS) is 36.3. The molecule has 3 aliphatic rings. The first-order chi connectivity index (χ1) is 14.0. The Labute approximate surface area is 176 Å². The number of benzene rings is 1. The van der Waals surface area contributed by atoms with E-state index in [2.05, 4.69) is 45.0 Å². The molecule has 4 rings (SSSR count). The Hall–Kier alpha value is -1.35. The SMILES string of the molecule is CC(C)[C@@H]1CC[C@@H](C)C[C@]12OC(=O)[C@@H](Cc1ccccc1)[C@H](C1CCCCC1)O2. The van der Waals surface area contributed by atoms with E-state index in [0.717, 1.165) is 19.3 Å². The second-order valence-electron chi connectivity index (χ2n) is 10.2. The maximum atomic E-state index is 13.5. The highest BCUT2D eigenvalue weighted by atomic mass is 16.7. The largest absolute Gasteiger partial charge is 0.432 e. The van der Waals surface area contributed by atoms with Crippen molar-refractivity contribution in [3.8, 4) is 0 Å². The average Bonchev–Trinajstić information content (AvgIpc) is 2.71. The predicted molar refractivity (Wildman–Crippen MR) is 115 cm³/mol. The summed E-state index contributed by atoms with van der Waals surface area (Å²) in [5, 5.41) is 0. The van der Waals surface area contributed by atoms with Crippen LogP contribution in [0.3, 0.4) is 0 Å². The minimum absolute atomic E-state index is 0.0108. The molecule has 3 heteroatoms. The van der Waals surface area contributed by atoms with Crippen LogP contribution in [-0.2, 0) is 20.7 Å². The lowest BCUT2D eigenvalue weighted by atomic mass is 9.71. The third-order valence-corrected chi connectivity index (χ3v) is 7.69. The van der Waals surface area contributed by atoms with Gasteiger partial charge in [0, 0.05) is 12.3 Å². The molecule has 1 aliphatic heterocycles. The first kappa shape index (κ1) is 20.9. The van der Waals surface area contributed by atoms with E-state index >= 15 is 0 Å². The first-order valence-electron chi connectivity index (χ1n) is 11.9. The monoisotopic (exact) mass is 398 g/mol. The molecular formula is C26H38O3. The molecule has 0 aromatic heterocycles. The highest BCUT2D eigenvalue weighted by molar-refractivity contribution is 5.75. The van der Waals surface area contributed by atoms with Crippen molar-refractivity contribution >= 4 is 5.97 Å². The third-order valence-electron chi connectivity index (χ3n) is 7.69. The number of hydrogen-bond acceptors (Lipinski definition) is 3. The summed E-state index contributed by atoms with van der Waals surface area (Å²) in [6, 6.07) is 10.4. The molecule has 0 amide bonds. The van der Waals surface area contributed by atoms with E-state index < -0.39 is 5.79 Å². The van der Waals surface area contributed by atoms with Crippen LogP contribution in [0, 0.1) is 29.6 Å². The molecule has 1 heterocycles. The Morgan fingerprint density at radius 1 is 1.03 bits per heavy atom. The standard InChI is InChI=1S/C26H38O3/c1-18(2)23-15-14-19(3)17-26(23)28-24(21-12-8-5-9-13-21)22(25(27)29-26)16-20-10-6-4-7-11-20/h4,6-7,10-11,18-19,21-24H,5,8-9,12-17H2,1-3H3/t19-,22+,23+,24+,26+/m1/s1. The highest BCUT2D eigenvalue weighted by Gasteiger charge is 2.56. The van der Waals surface area contributed by atoms with Crippen LogP contribution in [0.4, 0.5) is 0 Å². The molecule has 3 fully saturated rings. The van der Waals surface area contributed by atoms with Gasteiger partial charge in [0.05, 0.1) is 12.0 Å². The van der Waals surface area contributed by atoms with Gasteiger partial charge in [-0.15, -0.1) is 0 Å². The summed E-state index contributed by atoms with van der Waals surface area (Å²) in [6.07, 6.45) is 10.0. The van der Waals surface area contributed by atoms with Crippen molar-refractivity contribution in [3.63, 3.8) is 0 Å². The quantitative estimate of drug-likeness (QED) is 0.570. The van der Waals surface area contributed by atoms with E-state index in [-0.39, 0.29) is 18.0 Å². The summed E-state index contributed by atoms with van der Waals surface area (Å²) >= 11 is 0. The van der Waals surface area contributed by atoms with Gasteiger partial charge < -0.3 is 9.47 Å². The molecular weight excluding hydrogens is 360 g/mol. The number of carbonyl (C=O) groups is 1. The molecule has 3 nitrogen and oxygen atoms in total. The van der Waals surface area contributed by atoms with Crippen molar-refractivity contribution in [1.29, 1.82) is 0 Å². The topological polar surface area (TPSA) is 35.5 Å². The van der Waals surface area contributed by atoms with E-state index in [1.165, 1.54) is 44.1 Å². The number of ether oxygens (including phenoxy) is 2. The fraction of sp³-hybridized carbons (Fsp3) is 0.731. The van der Waals surface area contributed by atoms with Crippen molar-refractivity contribution < 1.29 is 14.3 Å². The van der Waals surface area contributed by atoms with E-state index in [9.17, 15) is 4.79 Å². The highest BCUT2D eigenvalue weighted by Crippen LogP contribution is 2.50. The Morgan fingerprint density at radius 3 is 2.45 bits per heavy atom. The lowest BCUT2D eigenvalue weighted by Crippen LogP contribution is -2.60. The smallest absolute Gasteiger partial charge is 0.314 e. The van der Waals surface area contributed by atoms with Crippen LogP contribution in [0.2, 0.25) is 0 Å². The first-order valence-corrected chi connectivity index (χ1v) is 11.9. The van der Waals surface area contributed by atoms with Crippen molar-refractivity contribution in [2.45, 2.75) is 90.4 Å². The fourth-order valence-corrected chi connectivity index (χ4v) is 6.19. The van der Waals surface area contributed by atoms with Gasteiger partial charge in [0.25, 0.3) is 0 Å². The molecule has 0 radical (unpaired) electrons. The lowest BCUT2D eigenvalue weighted by Gasteiger charge is -2.53. The molecule has 1 aromatic carbocycles. The molecule has 0 N–H and O–H groups in total. The van der Waals surface area contributed by atoms with Crippen LogP contribution in [0.15, 0.2) is 30.3 Å². The Morgan fingerprint density at radius 2 is 1.76 bits per heavy atom. The summed E-state index contributed by atoms with van der Waals surface area (Å²) in [5.74, 6) is 0.854. The van der Waals surface area contributed by atoms with Gasteiger partial charge >= 0.3 is 5.97 Å². The molecule has 29 heavy (non-hydrogen) atoms. The van der Waals surface area contributed by atoms with Gasteiger partial charge in [-0.3, -0.25) is 4.79 Å². The number of esters is 1. The zero-order valence-electron chi connectivity index (χ0n) is 18.4. The van der Waals surface area contributed by atoms with Crippen molar-refractivity contribution in [1.82, 2.24) is 0 Å². The maximum absolute atomic E-state index is 13.5. The van der Waals surface area contributed by atoms with Gasteiger partial charge in [0.2, 0.25) is 5.79 Å². The van der Waals surface area contributed by atoms with E-state index in [1.54, 1.807) is 0 Å². The summed E-state index contributed by atoms with van der Waals surface area (Å²) in [7, 11) is 0. The molecule has 2 aliphatic carbocycles. The minimum atomic E-state index is -0.710. The minimum Gasteiger partial charge on any atom is -0.432 e. The molecule has 0 bridgehead atoms. The second kappa shape index (κ2) is 8.79. The van der Waals surface area contributed by atoms with E-state index in [1.807, 2.05) is 6.07 Å². The predicted octanol–water partition coefficient (Wildman–Crippen LogP) is 6.16. The molecule has 1 aromatic rings. The molecule has 2 saturated carbocycles. The maximum Gasteiger partial charge on any atom is 0.314 e. The van der Waals surface area contributed by atoms with Crippen LogP contribution in [-0.4, -0.2) is 17.9 Å². The number of carbonyl (C=O) groups excluding carboxylic acids is 1. The van der Waals surface area contributed by atoms with Crippen LogP contribution in [0.5, 0.6) is 0 Å². The zero-order chi connectivity index (χ0) is 20.4.